The second-order valence-corrected chi connectivity index (χ2v) is 3.97. The van der Waals surface area contributed by atoms with Gasteiger partial charge < -0.3 is 10.4 Å². The number of benzene rings is 1. The van der Waals surface area contributed by atoms with Crippen LogP contribution >= 0.6 is 0 Å². The Balaban J connectivity index is 2.41. The van der Waals surface area contributed by atoms with Crippen LogP contribution in [0.4, 0.5) is 5.82 Å². The van der Waals surface area contributed by atoms with Crippen molar-refractivity contribution in [1.29, 1.82) is 0 Å². The summed E-state index contributed by atoms with van der Waals surface area (Å²) in [6.45, 7) is 3.29. The Bertz CT molecular complexity index is 597. The van der Waals surface area contributed by atoms with Crippen LogP contribution in [0, 0.1) is 6.92 Å². The van der Waals surface area contributed by atoms with Crippen molar-refractivity contribution in [3.05, 3.63) is 36.2 Å². The Labute approximate surface area is 105 Å². The van der Waals surface area contributed by atoms with Gasteiger partial charge in [0, 0.05) is 12.5 Å². The lowest BCUT2D eigenvalue weighted by molar-refractivity contribution is -0.114. The number of aromatic nitrogens is 2. The molecule has 5 nitrogen and oxygen atoms in total. The number of rotatable bonds is 2. The SMILES string of the molecule is CC(=O)Nc1cncc(-c2ccc(O)cc2C)n1. The molecule has 0 spiro atoms. The number of hydrogen-bond acceptors (Lipinski definition) is 4. The van der Waals surface area contributed by atoms with Crippen LogP contribution in [0.25, 0.3) is 11.3 Å². The van der Waals surface area contributed by atoms with Gasteiger partial charge in [-0.2, -0.15) is 0 Å². The van der Waals surface area contributed by atoms with Gasteiger partial charge in [-0.15, -0.1) is 0 Å². The van der Waals surface area contributed by atoms with E-state index < -0.39 is 0 Å². The van der Waals surface area contributed by atoms with Crippen LogP contribution in [0.1, 0.15) is 12.5 Å². The molecule has 0 atom stereocenters. The number of amides is 1. The average Bonchev–Trinajstić information content (AvgIpc) is 2.28. The lowest BCUT2D eigenvalue weighted by Gasteiger charge is -2.07. The molecule has 2 aromatic rings. The van der Waals surface area contributed by atoms with E-state index in [0.29, 0.717) is 11.5 Å². The molecule has 1 aromatic heterocycles. The van der Waals surface area contributed by atoms with E-state index in [1.165, 1.54) is 13.1 Å². The first-order chi connectivity index (χ1) is 8.56. The summed E-state index contributed by atoms with van der Waals surface area (Å²) >= 11 is 0. The van der Waals surface area contributed by atoms with Crippen molar-refractivity contribution in [2.24, 2.45) is 0 Å². The highest BCUT2D eigenvalue weighted by molar-refractivity contribution is 5.87. The summed E-state index contributed by atoms with van der Waals surface area (Å²) < 4.78 is 0. The monoisotopic (exact) mass is 243 g/mol. The number of hydrogen-bond donors (Lipinski definition) is 2. The number of carbonyl (C=O) groups excluding carboxylic acids is 1. The Morgan fingerprint density at radius 3 is 2.78 bits per heavy atom. The molecule has 0 bridgehead atoms. The molecule has 18 heavy (non-hydrogen) atoms. The lowest BCUT2D eigenvalue weighted by atomic mass is 10.1. The fourth-order valence-electron chi connectivity index (χ4n) is 1.67. The van der Waals surface area contributed by atoms with Crippen LogP contribution in [0.15, 0.2) is 30.6 Å². The zero-order valence-electron chi connectivity index (χ0n) is 10.1. The number of aryl methyl sites for hydroxylation is 1. The first-order valence-corrected chi connectivity index (χ1v) is 5.46. The lowest BCUT2D eigenvalue weighted by Crippen LogP contribution is -2.08. The van der Waals surface area contributed by atoms with E-state index in [1.54, 1.807) is 24.4 Å². The molecule has 2 rings (SSSR count). The quantitative estimate of drug-likeness (QED) is 0.847. The Hall–Kier alpha value is -2.43. The van der Waals surface area contributed by atoms with Gasteiger partial charge in [-0.3, -0.25) is 9.78 Å². The predicted molar refractivity (Wildman–Crippen MR) is 68.2 cm³/mol. The normalized spacial score (nSPS) is 10.1. The summed E-state index contributed by atoms with van der Waals surface area (Å²) in [6, 6.07) is 5.02. The molecule has 0 aliphatic heterocycles. The van der Waals surface area contributed by atoms with Crippen molar-refractivity contribution in [1.82, 2.24) is 9.97 Å². The number of aromatic hydroxyl groups is 1. The second kappa shape index (κ2) is 4.83. The molecule has 92 valence electrons. The van der Waals surface area contributed by atoms with Gasteiger partial charge in [-0.05, 0) is 30.7 Å². The number of nitrogens with one attached hydrogen (secondary N) is 1. The van der Waals surface area contributed by atoms with Gasteiger partial charge in [-0.25, -0.2) is 4.98 Å². The Morgan fingerprint density at radius 2 is 2.11 bits per heavy atom. The summed E-state index contributed by atoms with van der Waals surface area (Å²) in [5.41, 5.74) is 2.41. The molecule has 2 N–H and O–H groups in total. The molecule has 0 radical (unpaired) electrons. The molecule has 0 saturated carbocycles. The molecule has 0 fully saturated rings. The van der Waals surface area contributed by atoms with E-state index in [1.807, 2.05) is 6.92 Å². The fraction of sp³-hybridized carbons (Fsp3) is 0.154. The van der Waals surface area contributed by atoms with Crippen LogP contribution in [0.2, 0.25) is 0 Å². The minimum absolute atomic E-state index is 0.191. The highest BCUT2D eigenvalue weighted by Gasteiger charge is 2.06. The number of carbonyl (C=O) groups is 1. The third-order valence-electron chi connectivity index (χ3n) is 2.42. The van der Waals surface area contributed by atoms with Gasteiger partial charge in [0.25, 0.3) is 0 Å². The number of phenolic OH excluding ortho intramolecular Hbond substituents is 1. The Kier molecular flexibility index (Phi) is 3.23. The molecule has 0 aliphatic rings. The van der Waals surface area contributed by atoms with Gasteiger partial charge in [-0.1, -0.05) is 0 Å². The zero-order chi connectivity index (χ0) is 13.1. The van der Waals surface area contributed by atoms with E-state index in [-0.39, 0.29) is 11.7 Å². The van der Waals surface area contributed by atoms with E-state index >= 15 is 0 Å². The van der Waals surface area contributed by atoms with Crippen LogP contribution in [0.3, 0.4) is 0 Å². The maximum atomic E-state index is 11.0. The molecule has 1 heterocycles. The molecule has 1 aromatic carbocycles. The molecule has 0 aliphatic carbocycles. The zero-order valence-corrected chi connectivity index (χ0v) is 10.1. The van der Waals surface area contributed by atoms with E-state index in [2.05, 4.69) is 15.3 Å². The van der Waals surface area contributed by atoms with E-state index in [0.717, 1.165) is 11.1 Å². The van der Waals surface area contributed by atoms with Crippen LogP contribution in [-0.2, 0) is 4.79 Å². The summed E-state index contributed by atoms with van der Waals surface area (Å²) in [5, 5.41) is 11.9. The first kappa shape index (κ1) is 12.0. The maximum absolute atomic E-state index is 11.0. The van der Waals surface area contributed by atoms with Crippen molar-refractivity contribution < 1.29 is 9.90 Å². The Morgan fingerprint density at radius 1 is 1.33 bits per heavy atom. The standard InChI is InChI=1S/C13H13N3O2/c1-8-5-10(18)3-4-11(8)12-6-14-7-13(16-12)15-9(2)17/h3-7,18H,1-2H3,(H,15,16,17). The molecule has 1 amide bonds. The van der Waals surface area contributed by atoms with Gasteiger partial charge >= 0.3 is 0 Å². The number of phenols is 1. The minimum atomic E-state index is -0.191. The van der Waals surface area contributed by atoms with E-state index in [4.69, 9.17) is 0 Å². The third kappa shape index (κ3) is 2.63. The maximum Gasteiger partial charge on any atom is 0.222 e. The summed E-state index contributed by atoms with van der Waals surface area (Å²) in [4.78, 5) is 19.3. The van der Waals surface area contributed by atoms with Crippen molar-refractivity contribution in [2.45, 2.75) is 13.8 Å². The van der Waals surface area contributed by atoms with Crippen molar-refractivity contribution in [3.8, 4) is 17.0 Å². The van der Waals surface area contributed by atoms with Gasteiger partial charge in [0.05, 0.1) is 18.1 Å². The minimum Gasteiger partial charge on any atom is -0.508 e. The topological polar surface area (TPSA) is 75.1 Å². The van der Waals surface area contributed by atoms with Gasteiger partial charge in [0.2, 0.25) is 5.91 Å². The molecular weight excluding hydrogens is 230 g/mol. The third-order valence-corrected chi connectivity index (χ3v) is 2.42. The van der Waals surface area contributed by atoms with Crippen LogP contribution in [0.5, 0.6) is 5.75 Å². The summed E-state index contributed by atoms with van der Waals surface area (Å²) in [6.07, 6.45) is 3.10. The highest BCUT2D eigenvalue weighted by atomic mass is 16.3. The van der Waals surface area contributed by atoms with Crippen LogP contribution < -0.4 is 5.32 Å². The first-order valence-electron chi connectivity index (χ1n) is 5.46. The van der Waals surface area contributed by atoms with Gasteiger partial charge in [0.15, 0.2) is 5.82 Å². The molecule has 0 saturated heterocycles. The van der Waals surface area contributed by atoms with Crippen molar-refractivity contribution >= 4 is 11.7 Å². The second-order valence-electron chi connectivity index (χ2n) is 3.97. The predicted octanol–water partition coefficient (Wildman–Crippen LogP) is 2.12. The van der Waals surface area contributed by atoms with Crippen molar-refractivity contribution in [2.75, 3.05) is 5.32 Å². The number of anilines is 1. The molecule has 0 unspecified atom stereocenters. The fourth-order valence-corrected chi connectivity index (χ4v) is 1.67. The largest absolute Gasteiger partial charge is 0.508 e. The average molecular weight is 243 g/mol. The van der Waals surface area contributed by atoms with Crippen molar-refractivity contribution in [3.63, 3.8) is 0 Å². The highest BCUT2D eigenvalue weighted by Crippen LogP contribution is 2.25. The summed E-state index contributed by atoms with van der Waals surface area (Å²) in [5.74, 6) is 0.429. The van der Waals surface area contributed by atoms with Crippen LogP contribution in [-0.4, -0.2) is 21.0 Å². The van der Waals surface area contributed by atoms with E-state index in [9.17, 15) is 9.90 Å². The molecule has 5 heteroatoms. The smallest absolute Gasteiger partial charge is 0.222 e. The van der Waals surface area contributed by atoms with Gasteiger partial charge in [0.1, 0.15) is 5.75 Å². The number of nitrogens with zero attached hydrogens (tertiary/aromatic N) is 2. The molecular formula is C13H13N3O2. The summed E-state index contributed by atoms with van der Waals surface area (Å²) in [7, 11) is 0.